The topological polar surface area (TPSA) is 95.6 Å². The van der Waals surface area contributed by atoms with Crippen LogP contribution in [-0.4, -0.2) is 28.8 Å². The van der Waals surface area contributed by atoms with Crippen molar-refractivity contribution in [2.75, 3.05) is 12.3 Å². The average Bonchev–Trinajstić information content (AvgIpc) is 2.29. The Morgan fingerprint density at radius 2 is 2.25 bits per heavy atom. The van der Waals surface area contributed by atoms with Crippen molar-refractivity contribution in [1.29, 1.82) is 0 Å². The predicted octanol–water partition coefficient (Wildman–Crippen LogP) is 0.475. The molecule has 0 fully saturated rings. The van der Waals surface area contributed by atoms with Gasteiger partial charge in [-0.15, -0.1) is 0 Å². The molecule has 1 aromatic carbocycles. The number of anilines is 1. The SMILES string of the molecule is CC[C@H](CO)NC(=O)c1ccc(N)c(O)c1. The summed E-state index contributed by atoms with van der Waals surface area (Å²) in [5.74, 6) is -0.458. The maximum Gasteiger partial charge on any atom is 0.251 e. The number of phenols is 1. The molecule has 88 valence electrons. The van der Waals surface area contributed by atoms with Crippen LogP contribution in [0.2, 0.25) is 0 Å². The van der Waals surface area contributed by atoms with Crippen LogP contribution in [0.1, 0.15) is 23.7 Å². The number of aromatic hydroxyl groups is 1. The predicted molar refractivity (Wildman–Crippen MR) is 61.2 cm³/mol. The van der Waals surface area contributed by atoms with Gasteiger partial charge in [0.25, 0.3) is 5.91 Å². The van der Waals surface area contributed by atoms with Gasteiger partial charge in [0.15, 0.2) is 0 Å². The maximum absolute atomic E-state index is 11.7. The number of nitrogen functional groups attached to an aromatic ring is 1. The molecular formula is C11H16N2O3. The first-order chi connectivity index (χ1) is 7.58. The lowest BCUT2D eigenvalue weighted by Gasteiger charge is -2.14. The van der Waals surface area contributed by atoms with Crippen LogP contribution in [0.25, 0.3) is 0 Å². The zero-order valence-corrected chi connectivity index (χ0v) is 9.10. The van der Waals surface area contributed by atoms with Gasteiger partial charge in [-0.25, -0.2) is 0 Å². The number of carbonyl (C=O) groups excluding carboxylic acids is 1. The van der Waals surface area contributed by atoms with Crippen molar-refractivity contribution in [3.05, 3.63) is 23.8 Å². The number of benzene rings is 1. The molecule has 5 heteroatoms. The fraction of sp³-hybridized carbons (Fsp3) is 0.364. The standard InChI is InChI=1S/C11H16N2O3/c1-2-8(6-14)13-11(16)7-3-4-9(12)10(15)5-7/h3-5,8,14-15H,2,6,12H2,1H3,(H,13,16)/t8-/m1/s1. The van der Waals surface area contributed by atoms with Gasteiger partial charge in [-0.3, -0.25) is 4.79 Å². The van der Waals surface area contributed by atoms with Crippen molar-refractivity contribution in [3.8, 4) is 5.75 Å². The molecule has 16 heavy (non-hydrogen) atoms. The van der Waals surface area contributed by atoms with Crippen molar-refractivity contribution in [2.45, 2.75) is 19.4 Å². The Labute approximate surface area is 93.9 Å². The zero-order valence-electron chi connectivity index (χ0n) is 9.10. The van der Waals surface area contributed by atoms with E-state index in [1.165, 1.54) is 18.2 Å². The number of phenolic OH excluding ortho intramolecular Hbond substituents is 1. The first kappa shape index (κ1) is 12.3. The van der Waals surface area contributed by atoms with E-state index < -0.39 is 0 Å². The monoisotopic (exact) mass is 224 g/mol. The van der Waals surface area contributed by atoms with Crippen molar-refractivity contribution in [2.24, 2.45) is 0 Å². The van der Waals surface area contributed by atoms with E-state index in [1.54, 1.807) is 0 Å². The van der Waals surface area contributed by atoms with Gasteiger partial charge < -0.3 is 21.3 Å². The third kappa shape index (κ3) is 2.87. The van der Waals surface area contributed by atoms with E-state index in [2.05, 4.69) is 5.32 Å². The first-order valence-corrected chi connectivity index (χ1v) is 5.08. The lowest BCUT2D eigenvalue weighted by molar-refractivity contribution is 0.0914. The highest BCUT2D eigenvalue weighted by Gasteiger charge is 2.12. The molecule has 0 bridgehead atoms. The lowest BCUT2D eigenvalue weighted by atomic mass is 10.1. The van der Waals surface area contributed by atoms with E-state index in [1.807, 2.05) is 6.92 Å². The number of nitrogens with one attached hydrogen (secondary N) is 1. The molecule has 1 atom stereocenters. The summed E-state index contributed by atoms with van der Waals surface area (Å²) in [7, 11) is 0. The van der Waals surface area contributed by atoms with Crippen LogP contribution in [0.4, 0.5) is 5.69 Å². The van der Waals surface area contributed by atoms with Crippen LogP contribution in [0.3, 0.4) is 0 Å². The van der Waals surface area contributed by atoms with Gasteiger partial charge >= 0.3 is 0 Å². The molecule has 0 radical (unpaired) electrons. The van der Waals surface area contributed by atoms with Crippen LogP contribution in [0.5, 0.6) is 5.75 Å². The first-order valence-electron chi connectivity index (χ1n) is 5.08. The molecule has 0 heterocycles. The summed E-state index contributed by atoms with van der Waals surface area (Å²) in [6, 6.07) is 4.01. The molecule has 0 aromatic heterocycles. The summed E-state index contributed by atoms with van der Waals surface area (Å²) < 4.78 is 0. The van der Waals surface area contributed by atoms with E-state index in [-0.39, 0.29) is 30.0 Å². The Bertz CT molecular complexity index is 375. The molecule has 0 aliphatic rings. The summed E-state index contributed by atoms with van der Waals surface area (Å²) in [5, 5.41) is 20.9. The second-order valence-corrected chi connectivity index (χ2v) is 3.53. The highest BCUT2D eigenvalue weighted by molar-refractivity contribution is 5.95. The van der Waals surface area contributed by atoms with Crippen LogP contribution in [-0.2, 0) is 0 Å². The number of rotatable bonds is 4. The molecule has 0 aliphatic heterocycles. The van der Waals surface area contributed by atoms with E-state index >= 15 is 0 Å². The second kappa shape index (κ2) is 5.37. The van der Waals surface area contributed by atoms with Gasteiger partial charge in [-0.2, -0.15) is 0 Å². The molecule has 5 N–H and O–H groups in total. The lowest BCUT2D eigenvalue weighted by Crippen LogP contribution is -2.36. The average molecular weight is 224 g/mol. The third-order valence-corrected chi connectivity index (χ3v) is 2.34. The van der Waals surface area contributed by atoms with Gasteiger partial charge in [0.2, 0.25) is 0 Å². The summed E-state index contributed by atoms with van der Waals surface area (Å²) in [4.78, 5) is 11.7. The van der Waals surface area contributed by atoms with Crippen molar-refractivity contribution < 1.29 is 15.0 Å². The van der Waals surface area contributed by atoms with Gasteiger partial charge in [-0.05, 0) is 24.6 Å². The Kier molecular flexibility index (Phi) is 4.13. The minimum absolute atomic E-state index is 0.108. The van der Waals surface area contributed by atoms with E-state index in [9.17, 15) is 9.90 Å². The Balaban J connectivity index is 2.76. The molecule has 0 unspecified atom stereocenters. The second-order valence-electron chi connectivity index (χ2n) is 3.53. The van der Waals surface area contributed by atoms with Gasteiger partial charge in [0.05, 0.1) is 18.3 Å². The van der Waals surface area contributed by atoms with E-state index in [0.717, 1.165) is 0 Å². The van der Waals surface area contributed by atoms with Crippen molar-refractivity contribution in [3.63, 3.8) is 0 Å². The molecule has 0 spiro atoms. The fourth-order valence-electron chi connectivity index (χ4n) is 1.23. The summed E-state index contributed by atoms with van der Waals surface area (Å²) in [5.41, 5.74) is 5.97. The van der Waals surface area contributed by atoms with Crippen molar-refractivity contribution in [1.82, 2.24) is 5.32 Å². The van der Waals surface area contributed by atoms with Crippen molar-refractivity contribution >= 4 is 11.6 Å². The smallest absolute Gasteiger partial charge is 0.251 e. The fourth-order valence-corrected chi connectivity index (χ4v) is 1.23. The number of hydrogen-bond acceptors (Lipinski definition) is 4. The highest BCUT2D eigenvalue weighted by atomic mass is 16.3. The Morgan fingerprint density at radius 3 is 2.75 bits per heavy atom. The quantitative estimate of drug-likeness (QED) is 0.441. The molecule has 1 rings (SSSR count). The van der Waals surface area contributed by atoms with Crippen LogP contribution in [0.15, 0.2) is 18.2 Å². The van der Waals surface area contributed by atoms with Gasteiger partial charge in [-0.1, -0.05) is 6.92 Å². The highest BCUT2D eigenvalue weighted by Crippen LogP contribution is 2.20. The molecule has 1 aromatic rings. The summed E-state index contributed by atoms with van der Waals surface area (Å²) in [6.07, 6.45) is 0.642. The zero-order chi connectivity index (χ0) is 12.1. The third-order valence-electron chi connectivity index (χ3n) is 2.34. The number of amides is 1. The van der Waals surface area contributed by atoms with Gasteiger partial charge in [0, 0.05) is 5.56 Å². The maximum atomic E-state index is 11.7. The molecule has 0 saturated carbocycles. The number of nitrogens with two attached hydrogens (primary N) is 1. The van der Waals surface area contributed by atoms with E-state index in [0.29, 0.717) is 12.0 Å². The molecular weight excluding hydrogens is 208 g/mol. The van der Waals surface area contributed by atoms with E-state index in [4.69, 9.17) is 10.8 Å². The largest absolute Gasteiger partial charge is 0.506 e. The number of aliphatic hydroxyl groups is 1. The minimum atomic E-state index is -0.337. The van der Waals surface area contributed by atoms with Gasteiger partial charge in [0.1, 0.15) is 5.75 Å². The number of hydrogen-bond donors (Lipinski definition) is 4. The summed E-state index contributed by atoms with van der Waals surface area (Å²) >= 11 is 0. The van der Waals surface area contributed by atoms with Crippen LogP contribution >= 0.6 is 0 Å². The number of aliphatic hydroxyl groups excluding tert-OH is 1. The molecule has 5 nitrogen and oxygen atoms in total. The molecule has 0 aliphatic carbocycles. The number of carbonyl (C=O) groups is 1. The summed E-state index contributed by atoms with van der Waals surface area (Å²) in [6.45, 7) is 1.75. The minimum Gasteiger partial charge on any atom is -0.506 e. The molecule has 1 amide bonds. The van der Waals surface area contributed by atoms with Crippen LogP contribution in [0, 0.1) is 0 Å². The Morgan fingerprint density at radius 1 is 1.56 bits per heavy atom. The normalized spacial score (nSPS) is 12.1. The Hall–Kier alpha value is -1.75. The van der Waals surface area contributed by atoms with Crippen LogP contribution < -0.4 is 11.1 Å². The molecule has 0 saturated heterocycles.